The van der Waals surface area contributed by atoms with Gasteiger partial charge in [0.15, 0.2) is 0 Å². The van der Waals surface area contributed by atoms with Crippen LogP contribution in [0.4, 0.5) is 5.00 Å². The Balaban J connectivity index is 1.69. The van der Waals surface area contributed by atoms with Gasteiger partial charge >= 0.3 is 5.97 Å². The third-order valence-corrected chi connectivity index (χ3v) is 5.80. The Labute approximate surface area is 191 Å². The van der Waals surface area contributed by atoms with Gasteiger partial charge in [-0.1, -0.05) is 72.8 Å². The van der Waals surface area contributed by atoms with E-state index in [0.29, 0.717) is 16.1 Å². The maximum absolute atomic E-state index is 13.0. The van der Waals surface area contributed by atoms with Crippen molar-refractivity contribution >= 4 is 28.2 Å². The first-order valence-corrected chi connectivity index (χ1v) is 11.3. The number of carbonyl (C=O) groups is 2. The zero-order valence-electron chi connectivity index (χ0n) is 17.9. The quantitative estimate of drug-likeness (QED) is 0.331. The number of rotatable bonds is 6. The van der Waals surface area contributed by atoms with E-state index in [1.807, 2.05) is 53.9 Å². The number of carbonyl (C=O) groups excluding carboxylic acids is 2. The second-order valence-electron chi connectivity index (χ2n) is 7.57. The molecule has 1 amide bonds. The number of anilines is 1. The van der Waals surface area contributed by atoms with Crippen LogP contribution in [0.3, 0.4) is 0 Å². The predicted octanol–water partition coefficient (Wildman–Crippen LogP) is 6.90. The van der Waals surface area contributed by atoms with Crippen molar-refractivity contribution in [2.75, 3.05) is 5.32 Å². The number of hydrogen-bond acceptors (Lipinski definition) is 4. The van der Waals surface area contributed by atoms with Crippen molar-refractivity contribution < 1.29 is 14.3 Å². The highest BCUT2D eigenvalue weighted by Crippen LogP contribution is 2.37. The maximum Gasteiger partial charge on any atom is 0.342 e. The van der Waals surface area contributed by atoms with Gasteiger partial charge in [-0.2, -0.15) is 0 Å². The molecule has 0 aliphatic rings. The van der Waals surface area contributed by atoms with Crippen molar-refractivity contribution in [3.05, 3.63) is 101 Å². The smallest absolute Gasteiger partial charge is 0.342 e. The van der Waals surface area contributed by atoms with E-state index in [0.717, 1.165) is 22.3 Å². The first kappa shape index (κ1) is 21.5. The van der Waals surface area contributed by atoms with E-state index < -0.39 is 5.97 Å². The minimum absolute atomic E-state index is 0.267. The molecule has 1 N–H and O–H groups in total. The summed E-state index contributed by atoms with van der Waals surface area (Å²) in [6, 6.07) is 27.1. The number of esters is 1. The normalized spacial score (nSPS) is 10.7. The summed E-state index contributed by atoms with van der Waals surface area (Å²) in [5.41, 5.74) is 4.74. The van der Waals surface area contributed by atoms with E-state index in [2.05, 4.69) is 17.4 Å². The molecule has 5 heteroatoms. The van der Waals surface area contributed by atoms with Crippen molar-refractivity contribution in [1.29, 1.82) is 0 Å². The zero-order valence-corrected chi connectivity index (χ0v) is 18.7. The lowest BCUT2D eigenvalue weighted by Gasteiger charge is -2.12. The molecule has 0 aliphatic heterocycles. The third kappa shape index (κ3) is 4.79. The molecule has 0 unspecified atom stereocenters. The Morgan fingerprint density at radius 1 is 0.781 bits per heavy atom. The zero-order chi connectivity index (χ0) is 22.5. The molecule has 0 saturated heterocycles. The van der Waals surface area contributed by atoms with Crippen LogP contribution in [-0.4, -0.2) is 18.0 Å². The van der Waals surface area contributed by atoms with Crippen LogP contribution >= 0.6 is 11.3 Å². The standard InChI is InChI=1S/C27H23NO3S/c1-18(2)31-27(30)24-23(17-32-26(24)28-25(29)22-11-7-4-8-12-22)21-15-13-20(14-16-21)19-9-5-3-6-10-19/h3-18H,1-2H3,(H,28,29). The molecule has 32 heavy (non-hydrogen) atoms. The first-order chi connectivity index (χ1) is 15.5. The van der Waals surface area contributed by atoms with E-state index in [-0.39, 0.29) is 12.0 Å². The summed E-state index contributed by atoms with van der Waals surface area (Å²) >= 11 is 1.32. The van der Waals surface area contributed by atoms with Gasteiger partial charge in [-0.15, -0.1) is 11.3 Å². The monoisotopic (exact) mass is 441 g/mol. The highest BCUT2D eigenvalue weighted by Gasteiger charge is 2.24. The molecule has 3 aromatic carbocycles. The van der Waals surface area contributed by atoms with Crippen molar-refractivity contribution in [2.24, 2.45) is 0 Å². The average molecular weight is 442 g/mol. The minimum atomic E-state index is -0.452. The van der Waals surface area contributed by atoms with E-state index in [1.165, 1.54) is 11.3 Å². The molecule has 0 aliphatic carbocycles. The van der Waals surface area contributed by atoms with Crippen LogP contribution in [-0.2, 0) is 4.74 Å². The largest absolute Gasteiger partial charge is 0.459 e. The fraction of sp³-hybridized carbons (Fsp3) is 0.111. The van der Waals surface area contributed by atoms with Crippen LogP contribution < -0.4 is 5.32 Å². The van der Waals surface area contributed by atoms with Gasteiger partial charge in [0, 0.05) is 16.5 Å². The van der Waals surface area contributed by atoms with Gasteiger partial charge in [-0.25, -0.2) is 4.79 Å². The second kappa shape index (κ2) is 9.62. The highest BCUT2D eigenvalue weighted by atomic mass is 32.1. The Hall–Kier alpha value is -3.70. The van der Waals surface area contributed by atoms with E-state index >= 15 is 0 Å². The van der Waals surface area contributed by atoms with Gasteiger partial charge in [0.2, 0.25) is 0 Å². The lowest BCUT2D eigenvalue weighted by Crippen LogP contribution is -2.16. The number of hydrogen-bond donors (Lipinski definition) is 1. The Bertz CT molecular complexity index is 1210. The SMILES string of the molecule is CC(C)OC(=O)c1c(-c2ccc(-c3ccccc3)cc2)csc1NC(=O)c1ccccc1. The fourth-order valence-electron chi connectivity index (χ4n) is 3.38. The molecule has 0 radical (unpaired) electrons. The Morgan fingerprint density at radius 2 is 1.34 bits per heavy atom. The fourth-order valence-corrected chi connectivity index (χ4v) is 4.33. The van der Waals surface area contributed by atoms with Gasteiger partial charge in [-0.3, -0.25) is 4.79 Å². The second-order valence-corrected chi connectivity index (χ2v) is 8.45. The highest BCUT2D eigenvalue weighted by molar-refractivity contribution is 7.15. The molecule has 0 atom stereocenters. The molecule has 4 aromatic rings. The molecule has 160 valence electrons. The maximum atomic E-state index is 13.0. The van der Waals surface area contributed by atoms with Gasteiger partial charge in [0.1, 0.15) is 10.6 Å². The van der Waals surface area contributed by atoms with Crippen molar-refractivity contribution in [1.82, 2.24) is 0 Å². The Morgan fingerprint density at radius 3 is 1.97 bits per heavy atom. The number of thiophene rings is 1. The molecular weight excluding hydrogens is 418 g/mol. The van der Waals surface area contributed by atoms with Crippen LogP contribution in [0.15, 0.2) is 90.3 Å². The van der Waals surface area contributed by atoms with Crippen LogP contribution in [0.2, 0.25) is 0 Å². The first-order valence-electron chi connectivity index (χ1n) is 10.4. The number of amides is 1. The molecule has 0 spiro atoms. The summed E-state index contributed by atoms with van der Waals surface area (Å²) < 4.78 is 5.49. The summed E-state index contributed by atoms with van der Waals surface area (Å²) in [4.78, 5) is 25.7. The van der Waals surface area contributed by atoms with Gasteiger partial charge < -0.3 is 10.1 Å². The predicted molar refractivity (Wildman–Crippen MR) is 130 cm³/mol. The molecule has 0 fully saturated rings. The average Bonchev–Trinajstić information content (AvgIpc) is 3.23. The number of benzene rings is 3. The minimum Gasteiger partial charge on any atom is -0.459 e. The summed E-state index contributed by atoms with van der Waals surface area (Å²) in [7, 11) is 0. The molecular formula is C27H23NO3S. The molecule has 1 heterocycles. The van der Waals surface area contributed by atoms with Crippen LogP contribution in [0.5, 0.6) is 0 Å². The molecule has 4 rings (SSSR count). The molecule has 0 saturated carbocycles. The van der Waals surface area contributed by atoms with E-state index in [4.69, 9.17) is 4.74 Å². The molecule has 0 bridgehead atoms. The van der Waals surface area contributed by atoms with Gasteiger partial charge in [0.25, 0.3) is 5.91 Å². The summed E-state index contributed by atoms with van der Waals surface area (Å²) in [5.74, 6) is -0.719. The molecule has 4 nitrogen and oxygen atoms in total. The van der Waals surface area contributed by atoms with E-state index in [1.54, 1.807) is 38.1 Å². The topological polar surface area (TPSA) is 55.4 Å². The van der Waals surface area contributed by atoms with Gasteiger partial charge in [-0.05, 0) is 42.7 Å². The molecule has 1 aromatic heterocycles. The lowest BCUT2D eigenvalue weighted by atomic mass is 9.99. The third-order valence-electron chi connectivity index (χ3n) is 4.90. The van der Waals surface area contributed by atoms with Crippen LogP contribution in [0, 0.1) is 0 Å². The number of ether oxygens (including phenoxy) is 1. The van der Waals surface area contributed by atoms with E-state index in [9.17, 15) is 9.59 Å². The number of nitrogens with one attached hydrogen (secondary N) is 1. The van der Waals surface area contributed by atoms with Gasteiger partial charge in [0.05, 0.1) is 6.10 Å². The van der Waals surface area contributed by atoms with Crippen molar-refractivity contribution in [2.45, 2.75) is 20.0 Å². The summed E-state index contributed by atoms with van der Waals surface area (Å²) in [6.07, 6.45) is -0.270. The summed E-state index contributed by atoms with van der Waals surface area (Å²) in [5, 5.41) is 5.25. The van der Waals surface area contributed by atoms with Crippen molar-refractivity contribution in [3.8, 4) is 22.3 Å². The lowest BCUT2D eigenvalue weighted by molar-refractivity contribution is 0.0380. The Kier molecular flexibility index (Phi) is 6.47. The van der Waals surface area contributed by atoms with Crippen LogP contribution in [0.1, 0.15) is 34.6 Å². The summed E-state index contributed by atoms with van der Waals surface area (Å²) in [6.45, 7) is 3.61. The van der Waals surface area contributed by atoms with Crippen molar-refractivity contribution in [3.63, 3.8) is 0 Å². The van der Waals surface area contributed by atoms with Crippen LogP contribution in [0.25, 0.3) is 22.3 Å².